The maximum absolute atomic E-state index is 8.87. The molecule has 0 fully saturated rings. The quantitative estimate of drug-likeness (QED) is 0.761. The molecule has 2 atom stereocenters. The Morgan fingerprint density at radius 1 is 1.39 bits per heavy atom. The number of hydrogen-bond acceptors (Lipinski definition) is 4. The van der Waals surface area contributed by atoms with Crippen LogP contribution in [0.5, 0.6) is 5.75 Å². The molecule has 0 saturated carbocycles. The highest BCUT2D eigenvalue weighted by molar-refractivity contribution is 7.99. The van der Waals surface area contributed by atoms with Gasteiger partial charge in [-0.1, -0.05) is 25.1 Å². The van der Waals surface area contributed by atoms with Crippen LogP contribution in [0.25, 0.3) is 0 Å². The minimum atomic E-state index is -0.0288. The molecule has 0 heterocycles. The van der Waals surface area contributed by atoms with E-state index in [0.29, 0.717) is 11.9 Å². The fourth-order valence-corrected chi connectivity index (χ4v) is 2.68. The van der Waals surface area contributed by atoms with Crippen molar-refractivity contribution in [1.29, 1.82) is 0 Å². The van der Waals surface area contributed by atoms with E-state index < -0.39 is 0 Å². The second-order valence-electron chi connectivity index (χ2n) is 4.23. The highest BCUT2D eigenvalue weighted by atomic mass is 32.2. The summed E-state index contributed by atoms with van der Waals surface area (Å²) in [4.78, 5) is 0. The van der Waals surface area contributed by atoms with E-state index in [9.17, 15) is 0 Å². The van der Waals surface area contributed by atoms with Gasteiger partial charge in [-0.05, 0) is 19.4 Å². The normalized spacial score (nSPS) is 14.2. The molecule has 102 valence electrons. The van der Waals surface area contributed by atoms with Crippen LogP contribution in [0.2, 0.25) is 0 Å². The molecule has 1 aromatic carbocycles. The largest absolute Gasteiger partial charge is 0.494 e. The molecule has 18 heavy (non-hydrogen) atoms. The smallest absolute Gasteiger partial charge is 0.124 e. The predicted octanol–water partition coefficient (Wildman–Crippen LogP) is 2.59. The first-order valence-electron chi connectivity index (χ1n) is 6.38. The summed E-state index contributed by atoms with van der Waals surface area (Å²) in [7, 11) is 0. The minimum absolute atomic E-state index is 0.0288. The average molecular weight is 269 g/mol. The Labute approximate surface area is 114 Å². The van der Waals surface area contributed by atoms with Crippen molar-refractivity contribution in [3.05, 3.63) is 29.8 Å². The van der Waals surface area contributed by atoms with Crippen LogP contribution in [0.4, 0.5) is 0 Å². The van der Waals surface area contributed by atoms with Gasteiger partial charge >= 0.3 is 0 Å². The Bertz CT molecular complexity index is 346. The van der Waals surface area contributed by atoms with Crippen LogP contribution in [-0.4, -0.2) is 29.3 Å². The molecule has 0 aliphatic carbocycles. The molecule has 0 aliphatic heterocycles. The van der Waals surface area contributed by atoms with E-state index in [1.165, 1.54) is 0 Å². The molecule has 0 aliphatic rings. The summed E-state index contributed by atoms with van der Waals surface area (Å²) >= 11 is 1.79. The van der Waals surface area contributed by atoms with Gasteiger partial charge in [0.15, 0.2) is 0 Å². The van der Waals surface area contributed by atoms with Crippen molar-refractivity contribution in [2.75, 3.05) is 19.0 Å². The molecule has 1 aromatic rings. The van der Waals surface area contributed by atoms with Gasteiger partial charge < -0.3 is 15.6 Å². The molecular weight excluding hydrogens is 246 g/mol. The van der Waals surface area contributed by atoms with Gasteiger partial charge in [-0.15, -0.1) is 0 Å². The highest BCUT2D eigenvalue weighted by Gasteiger charge is 2.13. The van der Waals surface area contributed by atoms with Crippen LogP contribution in [0.15, 0.2) is 24.3 Å². The summed E-state index contributed by atoms with van der Waals surface area (Å²) in [6, 6.07) is 7.90. The first kappa shape index (κ1) is 15.3. The molecular formula is C14H23NO2S. The van der Waals surface area contributed by atoms with Crippen molar-refractivity contribution in [2.45, 2.75) is 31.6 Å². The maximum atomic E-state index is 8.87. The number of ether oxygens (including phenoxy) is 1. The average Bonchev–Trinajstić information content (AvgIpc) is 2.37. The SMILES string of the molecule is CCOc1ccccc1C(N)CSC(C)CCO. The van der Waals surface area contributed by atoms with Crippen molar-refractivity contribution >= 4 is 11.8 Å². The Hall–Kier alpha value is -0.710. The zero-order valence-corrected chi connectivity index (χ0v) is 12.0. The van der Waals surface area contributed by atoms with Gasteiger partial charge in [0.05, 0.1) is 6.61 Å². The molecule has 0 aromatic heterocycles. The zero-order chi connectivity index (χ0) is 13.4. The van der Waals surface area contributed by atoms with Gasteiger partial charge in [0, 0.05) is 29.2 Å². The third-order valence-corrected chi connectivity index (χ3v) is 4.07. The van der Waals surface area contributed by atoms with Gasteiger partial charge in [0.1, 0.15) is 5.75 Å². The lowest BCUT2D eigenvalue weighted by Gasteiger charge is -2.18. The third-order valence-electron chi connectivity index (χ3n) is 2.71. The van der Waals surface area contributed by atoms with Crippen LogP contribution in [-0.2, 0) is 0 Å². The lowest BCUT2D eigenvalue weighted by Crippen LogP contribution is -2.16. The molecule has 2 unspecified atom stereocenters. The number of rotatable bonds is 8. The van der Waals surface area contributed by atoms with Crippen molar-refractivity contribution < 1.29 is 9.84 Å². The van der Waals surface area contributed by atoms with Crippen molar-refractivity contribution in [1.82, 2.24) is 0 Å². The second-order valence-corrected chi connectivity index (χ2v) is 5.70. The summed E-state index contributed by atoms with van der Waals surface area (Å²) < 4.78 is 5.58. The Morgan fingerprint density at radius 3 is 2.78 bits per heavy atom. The molecule has 0 amide bonds. The predicted molar refractivity (Wildman–Crippen MR) is 78.2 cm³/mol. The van der Waals surface area contributed by atoms with Gasteiger partial charge in [-0.2, -0.15) is 11.8 Å². The van der Waals surface area contributed by atoms with Gasteiger partial charge in [0.25, 0.3) is 0 Å². The third kappa shape index (κ3) is 4.88. The summed E-state index contributed by atoms with van der Waals surface area (Å²) in [5.74, 6) is 1.72. The summed E-state index contributed by atoms with van der Waals surface area (Å²) in [6.45, 7) is 4.97. The summed E-state index contributed by atoms with van der Waals surface area (Å²) in [6.07, 6.45) is 0.810. The number of nitrogens with two attached hydrogens (primary N) is 1. The molecule has 0 radical (unpaired) electrons. The molecule has 1 rings (SSSR count). The van der Waals surface area contributed by atoms with E-state index in [1.807, 2.05) is 31.2 Å². The molecule has 0 saturated heterocycles. The molecule has 3 nitrogen and oxygen atoms in total. The molecule has 0 spiro atoms. The van der Waals surface area contributed by atoms with E-state index in [1.54, 1.807) is 11.8 Å². The van der Waals surface area contributed by atoms with Crippen LogP contribution in [0, 0.1) is 0 Å². The van der Waals surface area contributed by atoms with Crippen LogP contribution in [0.3, 0.4) is 0 Å². The molecule has 4 heteroatoms. The fourth-order valence-electron chi connectivity index (χ4n) is 1.70. The number of aliphatic hydroxyl groups excluding tert-OH is 1. The zero-order valence-electron chi connectivity index (χ0n) is 11.1. The monoisotopic (exact) mass is 269 g/mol. The number of para-hydroxylation sites is 1. The summed E-state index contributed by atoms with van der Waals surface area (Å²) in [5, 5.41) is 9.30. The first-order chi connectivity index (χ1) is 8.69. The van der Waals surface area contributed by atoms with Gasteiger partial charge in [0.2, 0.25) is 0 Å². The van der Waals surface area contributed by atoms with E-state index in [0.717, 1.165) is 23.5 Å². The van der Waals surface area contributed by atoms with Crippen molar-refractivity contribution in [3.8, 4) is 5.75 Å². The Morgan fingerprint density at radius 2 is 2.11 bits per heavy atom. The number of thioether (sulfide) groups is 1. The number of hydrogen-bond donors (Lipinski definition) is 2. The van der Waals surface area contributed by atoms with E-state index in [2.05, 4.69) is 6.92 Å². The van der Waals surface area contributed by atoms with Gasteiger partial charge in [-0.25, -0.2) is 0 Å². The molecule has 3 N–H and O–H groups in total. The van der Waals surface area contributed by atoms with Crippen LogP contribution in [0.1, 0.15) is 31.9 Å². The lowest BCUT2D eigenvalue weighted by atomic mass is 10.1. The van der Waals surface area contributed by atoms with E-state index in [4.69, 9.17) is 15.6 Å². The number of aliphatic hydroxyl groups is 1. The minimum Gasteiger partial charge on any atom is -0.494 e. The number of benzene rings is 1. The van der Waals surface area contributed by atoms with Crippen LogP contribution < -0.4 is 10.5 Å². The van der Waals surface area contributed by atoms with E-state index in [-0.39, 0.29) is 12.6 Å². The molecule has 0 bridgehead atoms. The fraction of sp³-hybridized carbons (Fsp3) is 0.571. The van der Waals surface area contributed by atoms with Crippen LogP contribution >= 0.6 is 11.8 Å². The Balaban J connectivity index is 2.57. The Kier molecular flexibility index (Phi) is 7.16. The van der Waals surface area contributed by atoms with Crippen molar-refractivity contribution in [3.63, 3.8) is 0 Å². The summed E-state index contributed by atoms with van der Waals surface area (Å²) in [5.41, 5.74) is 7.27. The lowest BCUT2D eigenvalue weighted by molar-refractivity contribution is 0.289. The highest BCUT2D eigenvalue weighted by Crippen LogP contribution is 2.27. The standard InChI is InChI=1S/C14H23NO2S/c1-3-17-14-7-5-4-6-12(14)13(15)10-18-11(2)8-9-16/h4-7,11,13,16H,3,8-10,15H2,1-2H3. The van der Waals surface area contributed by atoms with Crippen molar-refractivity contribution in [2.24, 2.45) is 5.73 Å². The first-order valence-corrected chi connectivity index (χ1v) is 7.43. The maximum Gasteiger partial charge on any atom is 0.124 e. The second kappa shape index (κ2) is 8.40. The topological polar surface area (TPSA) is 55.5 Å². The van der Waals surface area contributed by atoms with E-state index >= 15 is 0 Å². The van der Waals surface area contributed by atoms with Gasteiger partial charge in [-0.3, -0.25) is 0 Å².